The summed E-state index contributed by atoms with van der Waals surface area (Å²) in [6.07, 6.45) is 5.17. The number of nitrogen functional groups attached to an aromatic ring is 1. The van der Waals surface area contributed by atoms with Crippen LogP contribution < -0.4 is 11.1 Å². The van der Waals surface area contributed by atoms with Gasteiger partial charge in [-0.15, -0.1) is 16.4 Å². The number of fused-ring (bicyclic) bond motifs is 2. The number of anilines is 1. The van der Waals surface area contributed by atoms with E-state index < -0.39 is 6.04 Å². The van der Waals surface area contributed by atoms with Gasteiger partial charge in [-0.1, -0.05) is 36.3 Å². The van der Waals surface area contributed by atoms with Gasteiger partial charge in [-0.2, -0.15) is 5.10 Å². The molecule has 0 radical (unpaired) electrons. The first kappa shape index (κ1) is 23.4. The summed E-state index contributed by atoms with van der Waals surface area (Å²) in [4.78, 5) is 23.4. The molecule has 0 saturated heterocycles. The average molecular weight is 519 g/mol. The van der Waals surface area contributed by atoms with Crippen LogP contribution >= 0.6 is 11.3 Å². The van der Waals surface area contributed by atoms with Crippen molar-refractivity contribution in [1.29, 1.82) is 0 Å². The molecule has 38 heavy (non-hydrogen) atoms. The summed E-state index contributed by atoms with van der Waals surface area (Å²) < 4.78 is 3.22. The lowest BCUT2D eigenvalue weighted by atomic mass is 9.98. The third kappa shape index (κ3) is 4.25. The minimum atomic E-state index is -0.426. The molecule has 0 unspecified atom stereocenters. The van der Waals surface area contributed by atoms with Crippen molar-refractivity contribution >= 4 is 38.9 Å². The van der Waals surface area contributed by atoms with Gasteiger partial charge in [0.1, 0.15) is 16.1 Å². The molecule has 0 aliphatic rings. The summed E-state index contributed by atoms with van der Waals surface area (Å²) in [5.41, 5.74) is 10.9. The predicted octanol–water partition coefficient (Wildman–Crippen LogP) is 4.21. The zero-order valence-electron chi connectivity index (χ0n) is 20.6. The van der Waals surface area contributed by atoms with Gasteiger partial charge in [0.2, 0.25) is 0 Å². The van der Waals surface area contributed by atoms with Crippen molar-refractivity contribution in [3.8, 4) is 23.0 Å². The van der Waals surface area contributed by atoms with Crippen LogP contribution in [-0.4, -0.2) is 35.3 Å². The summed E-state index contributed by atoms with van der Waals surface area (Å²) in [6, 6.07) is 15.3. The van der Waals surface area contributed by atoms with E-state index in [0.29, 0.717) is 11.3 Å². The number of carbonyl (C=O) groups excluding carboxylic acids is 1. The lowest BCUT2D eigenvalue weighted by molar-refractivity contribution is 0.0941. The highest BCUT2D eigenvalue weighted by Crippen LogP contribution is 2.34. The molecule has 186 valence electrons. The minimum absolute atomic E-state index is 0.120. The van der Waals surface area contributed by atoms with Gasteiger partial charge in [0.05, 0.1) is 11.7 Å². The molecule has 3 N–H and O–H groups in total. The number of nitrogens with one attached hydrogen (secondary N) is 1. The van der Waals surface area contributed by atoms with Crippen molar-refractivity contribution < 1.29 is 4.79 Å². The van der Waals surface area contributed by atoms with Gasteiger partial charge in [0.15, 0.2) is 11.5 Å². The number of amides is 1. The molecule has 0 fully saturated rings. The van der Waals surface area contributed by atoms with Crippen molar-refractivity contribution in [2.24, 2.45) is 7.05 Å². The van der Waals surface area contributed by atoms with Crippen LogP contribution in [0.3, 0.4) is 0 Å². The molecular formula is C28H22N8OS. The molecule has 1 atom stereocenters. The van der Waals surface area contributed by atoms with Crippen molar-refractivity contribution in [2.45, 2.75) is 13.0 Å². The Balaban J connectivity index is 1.40. The number of aromatic nitrogens is 6. The van der Waals surface area contributed by atoms with Crippen LogP contribution in [0, 0.1) is 11.8 Å². The normalized spacial score (nSPS) is 11.8. The van der Waals surface area contributed by atoms with Crippen molar-refractivity contribution in [3.05, 3.63) is 95.0 Å². The molecule has 6 rings (SSSR count). The third-order valence-corrected chi connectivity index (χ3v) is 7.01. The van der Waals surface area contributed by atoms with Crippen molar-refractivity contribution in [3.63, 3.8) is 0 Å². The maximum atomic E-state index is 13.3. The topological polar surface area (TPSA) is 116 Å². The van der Waals surface area contributed by atoms with E-state index in [9.17, 15) is 4.79 Å². The molecule has 6 aromatic rings. The van der Waals surface area contributed by atoms with Gasteiger partial charge in [-0.3, -0.25) is 9.48 Å². The first-order valence-corrected chi connectivity index (χ1v) is 12.7. The molecule has 5 heterocycles. The summed E-state index contributed by atoms with van der Waals surface area (Å²) in [5, 5.41) is 14.5. The Labute approximate surface area is 222 Å². The van der Waals surface area contributed by atoms with Crippen molar-refractivity contribution in [2.75, 3.05) is 5.73 Å². The smallest absolute Gasteiger partial charge is 0.259 e. The van der Waals surface area contributed by atoms with Crippen LogP contribution in [0.15, 0.2) is 72.5 Å². The molecular weight excluding hydrogens is 496 g/mol. The Bertz CT molecular complexity index is 1870. The first-order chi connectivity index (χ1) is 18.5. The second-order valence-corrected chi connectivity index (χ2v) is 9.62. The van der Waals surface area contributed by atoms with E-state index in [1.165, 1.54) is 15.9 Å². The number of benzene rings is 1. The fraction of sp³-hybridized carbons (Fsp3) is 0.107. The molecule has 10 heteroatoms. The molecule has 1 aromatic carbocycles. The van der Waals surface area contributed by atoms with E-state index >= 15 is 0 Å². The number of pyridine rings is 1. The zero-order chi connectivity index (χ0) is 26.2. The van der Waals surface area contributed by atoms with E-state index in [2.05, 4.69) is 38.4 Å². The molecule has 0 saturated carbocycles. The Morgan fingerprint density at radius 3 is 2.74 bits per heavy atom. The zero-order valence-corrected chi connectivity index (χ0v) is 21.4. The lowest BCUT2D eigenvalue weighted by Gasteiger charge is -2.18. The second kappa shape index (κ2) is 9.46. The van der Waals surface area contributed by atoms with Crippen molar-refractivity contribution in [1.82, 2.24) is 34.7 Å². The quantitative estimate of drug-likeness (QED) is 0.338. The predicted molar refractivity (Wildman–Crippen MR) is 148 cm³/mol. The number of rotatable bonds is 4. The fourth-order valence-electron chi connectivity index (χ4n) is 4.32. The van der Waals surface area contributed by atoms with Crippen LogP contribution in [0.25, 0.3) is 27.0 Å². The lowest BCUT2D eigenvalue weighted by Crippen LogP contribution is -2.28. The Kier molecular flexibility index (Phi) is 5.82. The van der Waals surface area contributed by atoms with Crippen LogP contribution in [0.1, 0.15) is 40.3 Å². The Hall–Kier alpha value is -5.01. The fourth-order valence-corrected chi connectivity index (χ4v) is 5.18. The molecule has 5 aromatic heterocycles. The van der Waals surface area contributed by atoms with Gasteiger partial charge in [-0.05, 0) is 36.6 Å². The van der Waals surface area contributed by atoms with Crippen LogP contribution in [0.5, 0.6) is 0 Å². The summed E-state index contributed by atoms with van der Waals surface area (Å²) >= 11 is 1.52. The van der Waals surface area contributed by atoms with E-state index in [1.807, 2.05) is 61.9 Å². The maximum absolute atomic E-state index is 13.3. The minimum Gasteiger partial charge on any atom is -0.381 e. The summed E-state index contributed by atoms with van der Waals surface area (Å²) in [6.45, 7) is 1.91. The molecule has 0 bridgehead atoms. The molecule has 0 spiro atoms. The van der Waals surface area contributed by atoms with Crippen LogP contribution in [0.4, 0.5) is 5.82 Å². The number of hydrogen-bond donors (Lipinski definition) is 2. The maximum Gasteiger partial charge on any atom is 0.259 e. The standard InChI is InChI=1S/C28H22N8OS/c1-17(31-27(37)23-25(29)34-36-13-6-12-30-26(23)36)24-21(18-7-4-3-5-8-18)15-22-19(16-38-28(22)32-24)9-10-20-11-14-35(2)33-20/h3-8,11-17H,1-2H3,(H2,29,34)(H,31,37)/t17-/m1/s1. The van der Waals surface area contributed by atoms with Gasteiger partial charge >= 0.3 is 0 Å². The largest absolute Gasteiger partial charge is 0.381 e. The number of nitrogens with zero attached hydrogens (tertiary/aromatic N) is 6. The second-order valence-electron chi connectivity index (χ2n) is 8.76. The highest BCUT2D eigenvalue weighted by atomic mass is 32.1. The van der Waals surface area contributed by atoms with Gasteiger partial charge in [-0.25, -0.2) is 14.5 Å². The van der Waals surface area contributed by atoms with E-state index in [0.717, 1.165) is 32.6 Å². The number of carbonyl (C=O) groups is 1. The van der Waals surface area contributed by atoms with Gasteiger partial charge in [0, 0.05) is 47.5 Å². The molecule has 9 nitrogen and oxygen atoms in total. The number of aryl methyl sites for hydroxylation is 1. The van der Waals surface area contributed by atoms with E-state index in [1.54, 1.807) is 23.1 Å². The third-order valence-electron chi connectivity index (χ3n) is 6.13. The van der Waals surface area contributed by atoms with E-state index in [4.69, 9.17) is 10.7 Å². The van der Waals surface area contributed by atoms with Gasteiger partial charge in [0.25, 0.3) is 5.91 Å². The van der Waals surface area contributed by atoms with Gasteiger partial charge < -0.3 is 11.1 Å². The number of hydrogen-bond acceptors (Lipinski definition) is 7. The molecule has 0 aliphatic heterocycles. The summed E-state index contributed by atoms with van der Waals surface area (Å²) in [5.74, 6) is 6.13. The monoisotopic (exact) mass is 518 g/mol. The SMILES string of the molecule is C[C@@H](NC(=O)c1c(N)nn2cccnc12)c1nc2scc(C#Cc3ccn(C)n3)c2cc1-c1ccccc1. The molecule has 0 aliphatic carbocycles. The highest BCUT2D eigenvalue weighted by Gasteiger charge is 2.24. The number of thiophene rings is 1. The Morgan fingerprint density at radius 1 is 1.11 bits per heavy atom. The van der Waals surface area contributed by atoms with Crippen LogP contribution in [0.2, 0.25) is 0 Å². The van der Waals surface area contributed by atoms with E-state index in [-0.39, 0.29) is 17.3 Å². The molecule has 1 amide bonds. The first-order valence-electron chi connectivity index (χ1n) is 11.9. The highest BCUT2D eigenvalue weighted by molar-refractivity contribution is 7.17. The summed E-state index contributed by atoms with van der Waals surface area (Å²) in [7, 11) is 1.86. The number of nitrogens with two attached hydrogens (primary N) is 1. The van der Waals surface area contributed by atoms with Crippen LogP contribution in [-0.2, 0) is 7.05 Å². The Morgan fingerprint density at radius 2 is 1.95 bits per heavy atom. The average Bonchev–Trinajstić information content (AvgIpc) is 3.62.